The molecule has 0 saturated heterocycles. The van der Waals surface area contributed by atoms with Gasteiger partial charge in [0.25, 0.3) is 5.56 Å². The number of aromatic nitrogens is 3. The van der Waals surface area contributed by atoms with Gasteiger partial charge < -0.3 is 5.32 Å². The van der Waals surface area contributed by atoms with Crippen molar-refractivity contribution in [2.75, 3.05) is 5.32 Å². The number of hydrogen-bond acceptors (Lipinski definition) is 4. The zero-order chi connectivity index (χ0) is 15.4. The molecule has 0 amide bonds. The van der Waals surface area contributed by atoms with Crippen LogP contribution in [0.3, 0.4) is 0 Å². The van der Waals surface area contributed by atoms with Crippen LogP contribution in [0, 0.1) is 5.82 Å². The molecule has 0 unspecified atom stereocenters. The Hall–Kier alpha value is -3.02. The third kappa shape index (κ3) is 3.35. The highest BCUT2D eigenvalue weighted by Crippen LogP contribution is 2.15. The van der Waals surface area contributed by atoms with Crippen LogP contribution in [0.15, 0.2) is 59.7 Å². The number of nitrogens with zero attached hydrogens (tertiary/aromatic N) is 2. The number of pyridine rings is 1. The van der Waals surface area contributed by atoms with E-state index >= 15 is 0 Å². The fourth-order valence-corrected chi connectivity index (χ4v) is 2.00. The summed E-state index contributed by atoms with van der Waals surface area (Å²) < 4.78 is 12.9. The molecule has 0 aliphatic carbocycles. The zero-order valence-electron chi connectivity index (χ0n) is 11.6. The van der Waals surface area contributed by atoms with E-state index in [9.17, 15) is 9.18 Å². The number of aromatic amines is 1. The van der Waals surface area contributed by atoms with Gasteiger partial charge in [0.15, 0.2) is 0 Å². The molecule has 0 fully saturated rings. The molecule has 2 heterocycles. The number of benzene rings is 1. The second-order valence-corrected chi connectivity index (χ2v) is 4.70. The maximum absolute atomic E-state index is 12.9. The van der Waals surface area contributed by atoms with Crippen LogP contribution < -0.4 is 10.9 Å². The third-order valence-electron chi connectivity index (χ3n) is 3.09. The molecular formula is C16H13FN4O. The number of rotatable bonds is 4. The second-order valence-electron chi connectivity index (χ2n) is 4.70. The summed E-state index contributed by atoms with van der Waals surface area (Å²) in [7, 11) is 0. The van der Waals surface area contributed by atoms with Crippen LogP contribution in [0.5, 0.6) is 0 Å². The average molecular weight is 296 g/mol. The molecule has 2 aromatic heterocycles. The standard InChI is InChI=1S/C16H13FN4O/c17-13-3-1-11(2-4-13)10-19-16-20-14(9-15(22)21-16)12-5-7-18-8-6-12/h1-9H,10H2,(H2,19,20,21,22). The van der Waals surface area contributed by atoms with Crippen LogP contribution in [0.1, 0.15) is 5.56 Å². The third-order valence-corrected chi connectivity index (χ3v) is 3.09. The van der Waals surface area contributed by atoms with Gasteiger partial charge in [0.1, 0.15) is 5.82 Å². The first-order chi connectivity index (χ1) is 10.7. The van der Waals surface area contributed by atoms with Crippen LogP contribution in [0.2, 0.25) is 0 Å². The molecule has 0 bridgehead atoms. The number of anilines is 1. The van der Waals surface area contributed by atoms with Crippen molar-refractivity contribution in [1.29, 1.82) is 0 Å². The number of halogens is 1. The topological polar surface area (TPSA) is 70.7 Å². The summed E-state index contributed by atoms with van der Waals surface area (Å²) in [6.07, 6.45) is 3.29. The van der Waals surface area contributed by atoms with Crippen molar-refractivity contribution in [3.8, 4) is 11.3 Å². The highest BCUT2D eigenvalue weighted by molar-refractivity contribution is 5.59. The second kappa shape index (κ2) is 6.17. The lowest BCUT2D eigenvalue weighted by Gasteiger charge is -2.07. The van der Waals surface area contributed by atoms with E-state index in [0.29, 0.717) is 18.2 Å². The van der Waals surface area contributed by atoms with Gasteiger partial charge in [-0.25, -0.2) is 9.37 Å². The van der Waals surface area contributed by atoms with Crippen molar-refractivity contribution in [2.24, 2.45) is 0 Å². The minimum Gasteiger partial charge on any atom is -0.352 e. The monoisotopic (exact) mass is 296 g/mol. The fraction of sp³-hybridized carbons (Fsp3) is 0.0625. The van der Waals surface area contributed by atoms with Crippen molar-refractivity contribution in [2.45, 2.75) is 6.54 Å². The summed E-state index contributed by atoms with van der Waals surface area (Å²) in [6.45, 7) is 0.434. The molecule has 0 aliphatic heterocycles. The first-order valence-electron chi connectivity index (χ1n) is 6.71. The highest BCUT2D eigenvalue weighted by atomic mass is 19.1. The Morgan fingerprint density at radius 3 is 2.55 bits per heavy atom. The van der Waals surface area contributed by atoms with Gasteiger partial charge in [0.2, 0.25) is 5.95 Å². The first kappa shape index (κ1) is 13.9. The molecule has 0 saturated carbocycles. The Morgan fingerprint density at radius 1 is 1.09 bits per heavy atom. The molecular weight excluding hydrogens is 283 g/mol. The maximum atomic E-state index is 12.9. The van der Waals surface area contributed by atoms with Crippen molar-refractivity contribution in [1.82, 2.24) is 15.0 Å². The van der Waals surface area contributed by atoms with E-state index in [2.05, 4.69) is 20.3 Å². The molecule has 6 heteroatoms. The summed E-state index contributed by atoms with van der Waals surface area (Å²) in [4.78, 5) is 22.7. The van der Waals surface area contributed by atoms with E-state index in [1.807, 2.05) is 0 Å². The summed E-state index contributed by atoms with van der Waals surface area (Å²) in [5, 5.41) is 3.03. The molecule has 2 N–H and O–H groups in total. The molecule has 1 aromatic carbocycles. The quantitative estimate of drug-likeness (QED) is 0.776. The Morgan fingerprint density at radius 2 is 1.82 bits per heavy atom. The largest absolute Gasteiger partial charge is 0.352 e. The predicted molar refractivity (Wildman–Crippen MR) is 81.8 cm³/mol. The zero-order valence-corrected chi connectivity index (χ0v) is 11.6. The van der Waals surface area contributed by atoms with E-state index in [1.54, 1.807) is 36.7 Å². The van der Waals surface area contributed by atoms with Crippen LogP contribution >= 0.6 is 0 Å². The molecule has 0 radical (unpaired) electrons. The van der Waals surface area contributed by atoms with Gasteiger partial charge in [-0.15, -0.1) is 0 Å². The van der Waals surface area contributed by atoms with Gasteiger partial charge in [-0.05, 0) is 29.8 Å². The molecule has 0 atom stereocenters. The smallest absolute Gasteiger partial charge is 0.252 e. The fourth-order valence-electron chi connectivity index (χ4n) is 2.00. The molecule has 22 heavy (non-hydrogen) atoms. The van der Waals surface area contributed by atoms with E-state index in [1.165, 1.54) is 18.2 Å². The molecule has 110 valence electrons. The van der Waals surface area contributed by atoms with Crippen LogP contribution in [0.25, 0.3) is 11.3 Å². The summed E-state index contributed by atoms with van der Waals surface area (Å²) in [5.41, 5.74) is 2.01. The van der Waals surface area contributed by atoms with Crippen molar-refractivity contribution < 1.29 is 4.39 Å². The average Bonchev–Trinajstić information content (AvgIpc) is 2.55. The SMILES string of the molecule is O=c1cc(-c2ccncc2)nc(NCc2ccc(F)cc2)[nH]1. The van der Waals surface area contributed by atoms with E-state index in [-0.39, 0.29) is 11.4 Å². The molecule has 0 aliphatic rings. The Bertz CT molecular complexity index is 816. The van der Waals surface area contributed by atoms with Crippen molar-refractivity contribution in [3.05, 3.63) is 76.6 Å². The lowest BCUT2D eigenvalue weighted by atomic mass is 10.2. The first-order valence-corrected chi connectivity index (χ1v) is 6.71. The molecule has 3 rings (SSSR count). The van der Waals surface area contributed by atoms with E-state index in [0.717, 1.165) is 11.1 Å². The lowest BCUT2D eigenvalue weighted by Crippen LogP contribution is -2.12. The van der Waals surface area contributed by atoms with E-state index < -0.39 is 0 Å². The number of H-pyrrole nitrogens is 1. The summed E-state index contributed by atoms with van der Waals surface area (Å²) in [6, 6.07) is 11.1. The minimum atomic E-state index is -0.282. The minimum absolute atomic E-state index is 0.247. The van der Waals surface area contributed by atoms with Crippen LogP contribution in [-0.2, 0) is 6.54 Å². The van der Waals surface area contributed by atoms with Gasteiger partial charge >= 0.3 is 0 Å². The summed E-state index contributed by atoms with van der Waals surface area (Å²) in [5.74, 6) is 0.0820. The number of hydrogen-bond donors (Lipinski definition) is 2. The van der Waals surface area contributed by atoms with Gasteiger partial charge in [-0.3, -0.25) is 14.8 Å². The summed E-state index contributed by atoms with van der Waals surface area (Å²) >= 11 is 0. The van der Waals surface area contributed by atoms with Gasteiger partial charge in [-0.1, -0.05) is 12.1 Å². The van der Waals surface area contributed by atoms with Gasteiger partial charge in [0, 0.05) is 30.6 Å². The van der Waals surface area contributed by atoms with Crippen molar-refractivity contribution in [3.63, 3.8) is 0 Å². The van der Waals surface area contributed by atoms with E-state index in [4.69, 9.17) is 0 Å². The Kier molecular flexibility index (Phi) is 3.91. The molecule has 3 aromatic rings. The number of nitrogens with one attached hydrogen (secondary N) is 2. The van der Waals surface area contributed by atoms with Crippen LogP contribution in [-0.4, -0.2) is 15.0 Å². The maximum Gasteiger partial charge on any atom is 0.252 e. The molecule has 5 nitrogen and oxygen atoms in total. The Balaban J connectivity index is 1.81. The van der Waals surface area contributed by atoms with Gasteiger partial charge in [0.05, 0.1) is 5.69 Å². The normalized spacial score (nSPS) is 10.4. The Labute approximate surface area is 125 Å². The predicted octanol–water partition coefficient (Wildman–Crippen LogP) is 2.58. The highest BCUT2D eigenvalue weighted by Gasteiger charge is 2.04. The van der Waals surface area contributed by atoms with Crippen LogP contribution in [0.4, 0.5) is 10.3 Å². The molecule has 0 spiro atoms. The van der Waals surface area contributed by atoms with Gasteiger partial charge in [-0.2, -0.15) is 0 Å². The van der Waals surface area contributed by atoms with Crippen molar-refractivity contribution >= 4 is 5.95 Å². The lowest BCUT2D eigenvalue weighted by molar-refractivity contribution is 0.627.